The van der Waals surface area contributed by atoms with E-state index in [4.69, 9.17) is 9.47 Å². The van der Waals surface area contributed by atoms with Crippen LogP contribution in [0.15, 0.2) is 36.4 Å². The first kappa shape index (κ1) is 14.9. The second kappa shape index (κ2) is 6.36. The highest BCUT2D eigenvalue weighted by Crippen LogP contribution is 2.31. The van der Waals surface area contributed by atoms with Crippen LogP contribution in [0.1, 0.15) is 23.2 Å². The third kappa shape index (κ3) is 2.55. The number of hydrogen-bond acceptors (Lipinski definition) is 3. The maximum atomic E-state index is 13.1. The zero-order valence-electron chi connectivity index (χ0n) is 13.0. The molecule has 4 heteroatoms. The topological polar surface area (TPSA) is 38.8 Å². The monoisotopic (exact) mass is 299 g/mol. The summed E-state index contributed by atoms with van der Waals surface area (Å²) in [4.78, 5) is 15.0. The van der Waals surface area contributed by atoms with Crippen molar-refractivity contribution in [1.29, 1.82) is 0 Å². The summed E-state index contributed by atoms with van der Waals surface area (Å²) in [5.41, 5.74) is 0.656. The molecule has 2 aromatic carbocycles. The molecule has 1 heterocycles. The summed E-state index contributed by atoms with van der Waals surface area (Å²) < 4.78 is 10.7. The Labute approximate surface area is 130 Å². The van der Waals surface area contributed by atoms with Crippen LogP contribution in [0.2, 0.25) is 0 Å². The van der Waals surface area contributed by atoms with Crippen molar-refractivity contribution in [3.05, 3.63) is 42.0 Å². The van der Waals surface area contributed by atoms with E-state index < -0.39 is 0 Å². The van der Waals surface area contributed by atoms with Gasteiger partial charge in [-0.25, -0.2) is 0 Å². The molecule has 116 valence electrons. The van der Waals surface area contributed by atoms with Gasteiger partial charge in [-0.1, -0.05) is 30.3 Å². The largest absolute Gasteiger partial charge is 0.496 e. The highest BCUT2D eigenvalue weighted by atomic mass is 16.5. The van der Waals surface area contributed by atoms with E-state index in [1.165, 1.54) is 0 Å². The molecule has 0 unspecified atom stereocenters. The van der Waals surface area contributed by atoms with Gasteiger partial charge in [-0.3, -0.25) is 4.79 Å². The number of rotatable bonds is 4. The molecule has 0 aliphatic carbocycles. The van der Waals surface area contributed by atoms with E-state index in [-0.39, 0.29) is 11.9 Å². The third-order valence-corrected chi connectivity index (χ3v) is 4.32. The van der Waals surface area contributed by atoms with Crippen molar-refractivity contribution < 1.29 is 14.3 Å². The van der Waals surface area contributed by atoms with Crippen LogP contribution >= 0.6 is 0 Å². The fourth-order valence-electron chi connectivity index (χ4n) is 3.25. The fourth-order valence-corrected chi connectivity index (χ4v) is 3.25. The van der Waals surface area contributed by atoms with Crippen LogP contribution in [0.5, 0.6) is 5.75 Å². The number of nitrogens with zero attached hydrogens (tertiary/aromatic N) is 1. The van der Waals surface area contributed by atoms with E-state index in [2.05, 4.69) is 0 Å². The lowest BCUT2D eigenvalue weighted by atomic mass is 10.0. The average molecular weight is 299 g/mol. The van der Waals surface area contributed by atoms with E-state index >= 15 is 0 Å². The predicted molar refractivity (Wildman–Crippen MR) is 86.4 cm³/mol. The summed E-state index contributed by atoms with van der Waals surface area (Å²) in [6, 6.07) is 11.9. The van der Waals surface area contributed by atoms with Crippen LogP contribution in [-0.4, -0.2) is 44.2 Å². The van der Waals surface area contributed by atoms with Gasteiger partial charge in [0.25, 0.3) is 5.91 Å². The Hall–Kier alpha value is -2.07. The third-order valence-electron chi connectivity index (χ3n) is 4.32. The van der Waals surface area contributed by atoms with Crippen molar-refractivity contribution in [2.75, 3.05) is 27.4 Å². The zero-order valence-corrected chi connectivity index (χ0v) is 13.0. The van der Waals surface area contributed by atoms with Crippen LogP contribution in [0.3, 0.4) is 0 Å². The number of hydrogen-bond donors (Lipinski definition) is 0. The Kier molecular flexibility index (Phi) is 4.29. The predicted octanol–water partition coefficient (Wildman–Crippen LogP) is 3.10. The van der Waals surface area contributed by atoms with Gasteiger partial charge < -0.3 is 14.4 Å². The number of carbonyl (C=O) groups is 1. The van der Waals surface area contributed by atoms with Crippen molar-refractivity contribution in [3.8, 4) is 5.75 Å². The van der Waals surface area contributed by atoms with Gasteiger partial charge in [-0.15, -0.1) is 0 Å². The lowest BCUT2D eigenvalue weighted by Gasteiger charge is -2.25. The summed E-state index contributed by atoms with van der Waals surface area (Å²) in [7, 11) is 3.29. The van der Waals surface area contributed by atoms with E-state index in [0.717, 1.165) is 30.2 Å². The minimum absolute atomic E-state index is 0.0354. The quantitative estimate of drug-likeness (QED) is 0.871. The fraction of sp³-hybridized carbons (Fsp3) is 0.389. The van der Waals surface area contributed by atoms with Gasteiger partial charge in [0.2, 0.25) is 0 Å². The van der Waals surface area contributed by atoms with Gasteiger partial charge in [-0.05, 0) is 29.7 Å². The Morgan fingerprint density at radius 2 is 2.05 bits per heavy atom. The zero-order chi connectivity index (χ0) is 15.5. The molecule has 1 aliphatic heterocycles. The summed E-state index contributed by atoms with van der Waals surface area (Å²) in [5, 5.41) is 1.99. The van der Waals surface area contributed by atoms with Crippen LogP contribution in [-0.2, 0) is 4.74 Å². The highest BCUT2D eigenvalue weighted by Gasteiger charge is 2.31. The molecule has 2 aromatic rings. The second-order valence-electron chi connectivity index (χ2n) is 5.61. The lowest BCUT2D eigenvalue weighted by molar-refractivity contribution is 0.0629. The first-order valence-corrected chi connectivity index (χ1v) is 7.62. The van der Waals surface area contributed by atoms with Gasteiger partial charge in [0, 0.05) is 13.7 Å². The molecule has 1 saturated heterocycles. The van der Waals surface area contributed by atoms with Gasteiger partial charge >= 0.3 is 0 Å². The van der Waals surface area contributed by atoms with Crippen molar-refractivity contribution in [1.82, 2.24) is 4.90 Å². The number of amides is 1. The molecule has 1 fully saturated rings. The lowest BCUT2D eigenvalue weighted by Crippen LogP contribution is -2.38. The first-order valence-electron chi connectivity index (χ1n) is 7.62. The highest BCUT2D eigenvalue weighted by molar-refractivity contribution is 6.09. The van der Waals surface area contributed by atoms with Crippen LogP contribution in [0.4, 0.5) is 0 Å². The Morgan fingerprint density at radius 3 is 2.82 bits per heavy atom. The van der Waals surface area contributed by atoms with E-state index in [9.17, 15) is 4.79 Å². The normalized spacial score (nSPS) is 17.9. The molecule has 0 aromatic heterocycles. The summed E-state index contributed by atoms with van der Waals surface area (Å²) in [6.45, 7) is 1.36. The number of carbonyl (C=O) groups excluding carboxylic acids is 1. The Morgan fingerprint density at radius 1 is 1.23 bits per heavy atom. The van der Waals surface area contributed by atoms with Gasteiger partial charge in [-0.2, -0.15) is 0 Å². The standard InChI is InChI=1S/C18H21NO3/c1-21-12-14-7-5-11-19(14)18(20)17-15-8-4-3-6-13(15)9-10-16(17)22-2/h3-4,6,8-10,14H,5,7,11-12H2,1-2H3/t14-/m0/s1. The van der Waals surface area contributed by atoms with Crippen molar-refractivity contribution in [3.63, 3.8) is 0 Å². The maximum absolute atomic E-state index is 13.1. The second-order valence-corrected chi connectivity index (χ2v) is 5.61. The number of methoxy groups -OCH3 is 2. The number of benzene rings is 2. The van der Waals surface area contributed by atoms with Gasteiger partial charge in [0.15, 0.2) is 0 Å². The van der Waals surface area contributed by atoms with Gasteiger partial charge in [0.05, 0.1) is 25.3 Å². The minimum atomic E-state index is 0.0354. The van der Waals surface area contributed by atoms with Crippen LogP contribution in [0, 0.1) is 0 Å². The van der Waals surface area contributed by atoms with Gasteiger partial charge in [0.1, 0.15) is 5.75 Å². The molecule has 0 bridgehead atoms. The molecule has 22 heavy (non-hydrogen) atoms. The number of fused-ring (bicyclic) bond motifs is 1. The molecule has 4 nitrogen and oxygen atoms in total. The molecular formula is C18H21NO3. The summed E-state index contributed by atoms with van der Waals surface area (Å²) >= 11 is 0. The van der Waals surface area contributed by atoms with Crippen LogP contribution in [0.25, 0.3) is 10.8 Å². The molecule has 1 aliphatic rings. The minimum Gasteiger partial charge on any atom is -0.496 e. The van der Waals surface area contributed by atoms with E-state index in [0.29, 0.717) is 17.9 Å². The molecule has 0 saturated carbocycles. The molecule has 0 radical (unpaired) electrons. The summed E-state index contributed by atoms with van der Waals surface area (Å²) in [5.74, 6) is 0.667. The first-order chi connectivity index (χ1) is 10.8. The Bertz CT molecular complexity index is 683. The van der Waals surface area contributed by atoms with E-state index in [1.54, 1.807) is 14.2 Å². The summed E-state index contributed by atoms with van der Waals surface area (Å²) in [6.07, 6.45) is 2.01. The van der Waals surface area contributed by atoms with Crippen molar-refractivity contribution >= 4 is 16.7 Å². The number of ether oxygens (including phenoxy) is 2. The molecular weight excluding hydrogens is 278 g/mol. The molecule has 3 rings (SSSR count). The molecule has 1 atom stereocenters. The molecule has 1 amide bonds. The van der Waals surface area contributed by atoms with Crippen molar-refractivity contribution in [2.45, 2.75) is 18.9 Å². The van der Waals surface area contributed by atoms with Crippen molar-refractivity contribution in [2.24, 2.45) is 0 Å². The molecule has 0 spiro atoms. The van der Waals surface area contributed by atoms with E-state index in [1.807, 2.05) is 41.3 Å². The number of likely N-dealkylation sites (tertiary alicyclic amines) is 1. The average Bonchev–Trinajstić information content (AvgIpc) is 3.01. The van der Waals surface area contributed by atoms with Crippen LogP contribution < -0.4 is 4.74 Å². The Balaban J connectivity index is 2.06. The maximum Gasteiger partial charge on any atom is 0.258 e. The SMILES string of the molecule is COC[C@@H]1CCCN1C(=O)c1c(OC)ccc2ccccc12. The molecule has 0 N–H and O–H groups in total. The smallest absolute Gasteiger partial charge is 0.258 e.